The van der Waals surface area contributed by atoms with E-state index >= 15 is 0 Å². The minimum absolute atomic E-state index is 0.0534. The quantitative estimate of drug-likeness (QED) is 0.504. The molecule has 9 nitrogen and oxygen atoms in total. The van der Waals surface area contributed by atoms with E-state index in [1.807, 2.05) is 24.8 Å². The number of carbonyl (C=O) groups is 1. The van der Waals surface area contributed by atoms with Gasteiger partial charge in [0.1, 0.15) is 18.0 Å². The SMILES string of the molecule is Cc1cc(N2CCN(C(=O)c3cnn(-c4ccc(F)cc4)c3C)CC2)n2ncnc2n1. The lowest BCUT2D eigenvalue weighted by Crippen LogP contribution is -2.49. The van der Waals surface area contributed by atoms with E-state index in [1.165, 1.54) is 18.5 Å². The monoisotopic (exact) mass is 420 g/mol. The van der Waals surface area contributed by atoms with Crippen LogP contribution in [0.15, 0.2) is 42.9 Å². The van der Waals surface area contributed by atoms with Gasteiger partial charge in [0.2, 0.25) is 0 Å². The average Bonchev–Trinajstić information content (AvgIpc) is 3.40. The molecule has 0 radical (unpaired) electrons. The highest BCUT2D eigenvalue weighted by atomic mass is 19.1. The number of amides is 1. The summed E-state index contributed by atoms with van der Waals surface area (Å²) in [6, 6.07) is 8.03. The van der Waals surface area contributed by atoms with Crippen LogP contribution >= 0.6 is 0 Å². The minimum Gasteiger partial charge on any atom is -0.353 e. The van der Waals surface area contributed by atoms with Crippen molar-refractivity contribution in [2.24, 2.45) is 0 Å². The molecule has 1 fully saturated rings. The van der Waals surface area contributed by atoms with E-state index in [-0.39, 0.29) is 11.7 Å². The summed E-state index contributed by atoms with van der Waals surface area (Å²) in [6.07, 6.45) is 3.07. The van der Waals surface area contributed by atoms with E-state index in [1.54, 1.807) is 27.5 Å². The second-order valence-electron chi connectivity index (χ2n) is 7.54. The van der Waals surface area contributed by atoms with Gasteiger partial charge < -0.3 is 9.80 Å². The van der Waals surface area contributed by atoms with Crippen LogP contribution in [0.5, 0.6) is 0 Å². The van der Waals surface area contributed by atoms with E-state index < -0.39 is 0 Å². The van der Waals surface area contributed by atoms with Gasteiger partial charge in [-0.1, -0.05) is 0 Å². The van der Waals surface area contributed by atoms with Crippen molar-refractivity contribution >= 4 is 17.5 Å². The van der Waals surface area contributed by atoms with Crippen molar-refractivity contribution in [3.63, 3.8) is 0 Å². The largest absolute Gasteiger partial charge is 0.353 e. The smallest absolute Gasteiger partial charge is 0.257 e. The number of nitrogens with zero attached hydrogens (tertiary/aromatic N) is 8. The average molecular weight is 420 g/mol. The lowest BCUT2D eigenvalue weighted by atomic mass is 10.2. The standard InChI is InChI=1S/C21H21FN8O/c1-14-11-19(30-21(26-14)23-13-25-30)27-7-9-28(10-8-27)20(31)18-12-24-29(15(18)2)17-5-3-16(22)4-6-17/h3-6,11-13H,7-10H2,1-2H3. The van der Waals surface area contributed by atoms with Gasteiger partial charge in [-0.05, 0) is 38.1 Å². The summed E-state index contributed by atoms with van der Waals surface area (Å²) in [5.41, 5.74) is 2.87. The third kappa shape index (κ3) is 3.39. The molecule has 1 amide bonds. The van der Waals surface area contributed by atoms with Gasteiger partial charge in [-0.3, -0.25) is 4.79 Å². The second-order valence-corrected chi connectivity index (χ2v) is 7.54. The van der Waals surface area contributed by atoms with Crippen LogP contribution in [0.4, 0.5) is 10.2 Å². The Kier molecular flexibility index (Phi) is 4.61. The Hall–Kier alpha value is -3.82. The highest BCUT2D eigenvalue weighted by Gasteiger charge is 2.26. The van der Waals surface area contributed by atoms with Gasteiger partial charge >= 0.3 is 0 Å². The van der Waals surface area contributed by atoms with E-state index in [0.29, 0.717) is 43.2 Å². The van der Waals surface area contributed by atoms with Crippen LogP contribution in [0.25, 0.3) is 11.5 Å². The van der Waals surface area contributed by atoms with Crippen molar-refractivity contribution in [2.75, 3.05) is 31.1 Å². The molecule has 31 heavy (non-hydrogen) atoms. The first-order valence-corrected chi connectivity index (χ1v) is 10.0. The molecule has 1 aliphatic rings. The van der Waals surface area contributed by atoms with E-state index in [0.717, 1.165) is 17.2 Å². The Bertz CT molecular complexity index is 1250. The van der Waals surface area contributed by atoms with Gasteiger partial charge in [0.15, 0.2) is 0 Å². The first kappa shape index (κ1) is 19.2. The number of halogens is 1. The first-order chi connectivity index (χ1) is 15.0. The molecule has 1 aliphatic heterocycles. The van der Waals surface area contributed by atoms with Crippen LogP contribution in [0.3, 0.4) is 0 Å². The fourth-order valence-electron chi connectivity index (χ4n) is 3.91. The Morgan fingerprint density at radius 2 is 1.77 bits per heavy atom. The summed E-state index contributed by atoms with van der Waals surface area (Å²) < 4.78 is 16.6. The van der Waals surface area contributed by atoms with Crippen LogP contribution < -0.4 is 4.90 Å². The predicted octanol–water partition coefficient (Wildman–Crippen LogP) is 2.03. The van der Waals surface area contributed by atoms with Gasteiger partial charge in [0.25, 0.3) is 11.7 Å². The maximum Gasteiger partial charge on any atom is 0.257 e. The molecule has 0 N–H and O–H groups in total. The second kappa shape index (κ2) is 7.46. The maximum atomic E-state index is 13.2. The van der Waals surface area contributed by atoms with Gasteiger partial charge in [0, 0.05) is 37.9 Å². The summed E-state index contributed by atoms with van der Waals surface area (Å²) in [4.78, 5) is 25.7. The zero-order valence-corrected chi connectivity index (χ0v) is 17.2. The third-order valence-electron chi connectivity index (χ3n) is 5.56. The number of benzene rings is 1. The first-order valence-electron chi connectivity index (χ1n) is 10.0. The molecule has 10 heteroatoms. The zero-order chi connectivity index (χ0) is 21.5. The molecule has 0 unspecified atom stereocenters. The molecule has 0 spiro atoms. The van der Waals surface area contributed by atoms with Gasteiger partial charge in [-0.15, -0.1) is 0 Å². The molecule has 5 rings (SSSR count). The molecular formula is C21H21FN8O. The van der Waals surface area contributed by atoms with Crippen molar-refractivity contribution in [2.45, 2.75) is 13.8 Å². The molecule has 1 saturated heterocycles. The van der Waals surface area contributed by atoms with Crippen LogP contribution in [0, 0.1) is 19.7 Å². The normalized spacial score (nSPS) is 14.4. The molecule has 0 saturated carbocycles. The summed E-state index contributed by atoms with van der Waals surface area (Å²) in [5, 5.41) is 8.61. The number of fused-ring (bicyclic) bond motifs is 1. The van der Waals surface area contributed by atoms with Crippen LogP contribution in [0.1, 0.15) is 21.7 Å². The molecule has 0 atom stereocenters. The van der Waals surface area contributed by atoms with E-state index in [2.05, 4.69) is 25.1 Å². The topological polar surface area (TPSA) is 84.5 Å². The van der Waals surface area contributed by atoms with Crippen molar-refractivity contribution in [1.29, 1.82) is 0 Å². The molecule has 4 heterocycles. The number of piperazine rings is 1. The molecule has 0 aliphatic carbocycles. The summed E-state index contributed by atoms with van der Waals surface area (Å²) in [6.45, 7) is 6.29. The summed E-state index contributed by atoms with van der Waals surface area (Å²) in [5.74, 6) is 1.13. The van der Waals surface area contributed by atoms with Gasteiger partial charge in [0.05, 0.1) is 23.1 Å². The van der Waals surface area contributed by atoms with Crippen molar-refractivity contribution < 1.29 is 9.18 Å². The zero-order valence-electron chi connectivity index (χ0n) is 17.2. The predicted molar refractivity (Wildman–Crippen MR) is 112 cm³/mol. The number of rotatable bonds is 3. The third-order valence-corrected chi connectivity index (χ3v) is 5.56. The fraction of sp³-hybridized carbons (Fsp3) is 0.286. The number of anilines is 1. The Labute approximate surface area is 177 Å². The van der Waals surface area contributed by atoms with E-state index in [4.69, 9.17) is 0 Å². The van der Waals surface area contributed by atoms with Crippen molar-refractivity contribution in [1.82, 2.24) is 34.3 Å². The number of aromatic nitrogens is 6. The van der Waals surface area contributed by atoms with Crippen molar-refractivity contribution in [3.05, 3.63) is 65.6 Å². The Balaban J connectivity index is 1.32. The number of hydrogen-bond acceptors (Lipinski definition) is 6. The highest BCUT2D eigenvalue weighted by Crippen LogP contribution is 2.20. The van der Waals surface area contributed by atoms with Gasteiger partial charge in [-0.2, -0.15) is 19.7 Å². The number of hydrogen-bond donors (Lipinski definition) is 0. The molecule has 0 bridgehead atoms. The van der Waals surface area contributed by atoms with Crippen LogP contribution in [-0.2, 0) is 0 Å². The lowest BCUT2D eigenvalue weighted by molar-refractivity contribution is 0.0745. The summed E-state index contributed by atoms with van der Waals surface area (Å²) in [7, 11) is 0. The lowest BCUT2D eigenvalue weighted by Gasteiger charge is -2.35. The Morgan fingerprint density at radius 3 is 2.52 bits per heavy atom. The summed E-state index contributed by atoms with van der Waals surface area (Å²) >= 11 is 0. The van der Waals surface area contributed by atoms with E-state index in [9.17, 15) is 9.18 Å². The Morgan fingerprint density at radius 1 is 1.03 bits per heavy atom. The highest BCUT2D eigenvalue weighted by molar-refractivity contribution is 5.95. The maximum absolute atomic E-state index is 13.2. The fourth-order valence-corrected chi connectivity index (χ4v) is 3.91. The van der Waals surface area contributed by atoms with Crippen LogP contribution in [0.2, 0.25) is 0 Å². The molecule has 4 aromatic rings. The molecule has 158 valence electrons. The molecule has 1 aromatic carbocycles. The number of aryl methyl sites for hydroxylation is 1. The van der Waals surface area contributed by atoms with Crippen LogP contribution in [-0.4, -0.2) is 66.3 Å². The van der Waals surface area contributed by atoms with Gasteiger partial charge in [-0.25, -0.2) is 14.1 Å². The molecule has 3 aromatic heterocycles. The van der Waals surface area contributed by atoms with Crippen molar-refractivity contribution in [3.8, 4) is 5.69 Å². The molecular weight excluding hydrogens is 399 g/mol. The minimum atomic E-state index is -0.310. The number of carbonyl (C=O) groups excluding carboxylic acids is 1.